The summed E-state index contributed by atoms with van der Waals surface area (Å²) in [6.07, 6.45) is 3.27. The van der Waals surface area contributed by atoms with E-state index in [1.165, 1.54) is 5.56 Å². The largest absolute Gasteiger partial charge is 0.392 e. The van der Waals surface area contributed by atoms with Gasteiger partial charge in [-0.1, -0.05) is 49.5 Å². The summed E-state index contributed by atoms with van der Waals surface area (Å²) in [5.74, 6) is 0.144. The van der Waals surface area contributed by atoms with Crippen LogP contribution in [0.4, 0.5) is 0 Å². The number of nitrogens with zero attached hydrogens (tertiary/aromatic N) is 1. The Bertz CT molecular complexity index is 406. The molecule has 0 aliphatic rings. The molecule has 19 heavy (non-hydrogen) atoms. The van der Waals surface area contributed by atoms with Crippen LogP contribution in [-0.2, 0) is 11.2 Å². The number of benzene rings is 1. The van der Waals surface area contributed by atoms with E-state index in [0.29, 0.717) is 18.0 Å². The standard InChI is InChI=1S/C15H22N2OS/c1-2-11-17(12-14(16)19)15(18)10-6-9-13-7-4-3-5-8-13/h3-5,7-8H,2,6,9-12H2,1H3,(H2,16,19). The summed E-state index contributed by atoms with van der Waals surface area (Å²) in [5, 5.41) is 0. The van der Waals surface area contributed by atoms with E-state index in [0.717, 1.165) is 25.8 Å². The van der Waals surface area contributed by atoms with Crippen LogP contribution in [0.1, 0.15) is 31.7 Å². The lowest BCUT2D eigenvalue weighted by atomic mass is 10.1. The third kappa shape index (κ3) is 6.34. The molecular formula is C15H22N2OS. The van der Waals surface area contributed by atoms with Gasteiger partial charge in [-0.25, -0.2) is 0 Å². The first kappa shape index (κ1) is 15.6. The molecule has 0 spiro atoms. The molecule has 0 heterocycles. The molecule has 1 amide bonds. The Kier molecular flexibility index (Phi) is 7.11. The Morgan fingerprint density at radius 3 is 2.58 bits per heavy atom. The molecule has 4 heteroatoms. The highest BCUT2D eigenvalue weighted by Crippen LogP contribution is 2.06. The Hall–Kier alpha value is -1.42. The number of hydrogen-bond donors (Lipinski definition) is 1. The molecule has 1 rings (SSSR count). The van der Waals surface area contributed by atoms with Crippen LogP contribution in [0, 0.1) is 0 Å². The Morgan fingerprint density at radius 1 is 1.32 bits per heavy atom. The predicted octanol–water partition coefficient (Wildman–Crippen LogP) is 2.53. The van der Waals surface area contributed by atoms with Gasteiger partial charge in [0.1, 0.15) is 0 Å². The summed E-state index contributed by atoms with van der Waals surface area (Å²) in [6, 6.07) is 10.2. The summed E-state index contributed by atoms with van der Waals surface area (Å²) in [6.45, 7) is 3.17. The highest BCUT2D eigenvalue weighted by Gasteiger charge is 2.12. The fourth-order valence-electron chi connectivity index (χ4n) is 2.00. The number of rotatable bonds is 8. The molecule has 0 fully saturated rings. The first-order valence-electron chi connectivity index (χ1n) is 6.73. The van der Waals surface area contributed by atoms with Gasteiger partial charge in [0.2, 0.25) is 5.91 Å². The van der Waals surface area contributed by atoms with Crippen LogP contribution in [0.3, 0.4) is 0 Å². The summed E-state index contributed by atoms with van der Waals surface area (Å²) in [5.41, 5.74) is 6.79. The van der Waals surface area contributed by atoms with E-state index < -0.39 is 0 Å². The number of hydrogen-bond acceptors (Lipinski definition) is 2. The third-order valence-electron chi connectivity index (χ3n) is 2.89. The van der Waals surface area contributed by atoms with Gasteiger partial charge in [0.25, 0.3) is 0 Å². The quantitative estimate of drug-likeness (QED) is 0.743. The molecule has 3 nitrogen and oxygen atoms in total. The first-order chi connectivity index (χ1) is 9.13. The van der Waals surface area contributed by atoms with Gasteiger partial charge in [-0.15, -0.1) is 0 Å². The Balaban J connectivity index is 2.37. The SMILES string of the molecule is CCCN(CC(N)=S)C(=O)CCCc1ccccc1. The van der Waals surface area contributed by atoms with Gasteiger partial charge in [-0.05, 0) is 24.8 Å². The minimum absolute atomic E-state index is 0.144. The molecule has 0 aliphatic carbocycles. The Morgan fingerprint density at radius 2 is 2.00 bits per heavy atom. The van der Waals surface area contributed by atoms with E-state index in [4.69, 9.17) is 18.0 Å². The van der Waals surface area contributed by atoms with Crippen molar-refractivity contribution in [2.45, 2.75) is 32.6 Å². The zero-order valence-corrected chi connectivity index (χ0v) is 12.3. The van der Waals surface area contributed by atoms with Crippen molar-refractivity contribution in [2.24, 2.45) is 5.73 Å². The lowest BCUT2D eigenvalue weighted by molar-refractivity contribution is -0.130. The minimum atomic E-state index is 0.144. The van der Waals surface area contributed by atoms with Crippen molar-refractivity contribution in [3.63, 3.8) is 0 Å². The molecule has 0 bridgehead atoms. The summed E-state index contributed by atoms with van der Waals surface area (Å²) >= 11 is 4.88. The smallest absolute Gasteiger partial charge is 0.222 e. The van der Waals surface area contributed by atoms with Crippen molar-refractivity contribution in [2.75, 3.05) is 13.1 Å². The van der Waals surface area contributed by atoms with Gasteiger partial charge in [0, 0.05) is 13.0 Å². The molecule has 1 aromatic carbocycles. The fourth-order valence-corrected chi connectivity index (χ4v) is 2.15. The summed E-state index contributed by atoms with van der Waals surface area (Å²) in [4.78, 5) is 14.2. The highest BCUT2D eigenvalue weighted by molar-refractivity contribution is 7.80. The number of carbonyl (C=O) groups is 1. The maximum Gasteiger partial charge on any atom is 0.222 e. The van der Waals surface area contributed by atoms with Crippen LogP contribution in [0.5, 0.6) is 0 Å². The van der Waals surface area contributed by atoms with E-state index in [1.54, 1.807) is 4.90 Å². The maximum absolute atomic E-state index is 12.1. The minimum Gasteiger partial charge on any atom is -0.392 e. The number of aryl methyl sites for hydroxylation is 1. The summed E-state index contributed by atoms with van der Waals surface area (Å²) in [7, 11) is 0. The van der Waals surface area contributed by atoms with E-state index >= 15 is 0 Å². The van der Waals surface area contributed by atoms with Crippen LogP contribution < -0.4 is 5.73 Å². The number of carbonyl (C=O) groups excluding carboxylic acids is 1. The number of amides is 1. The van der Waals surface area contributed by atoms with Crippen molar-refractivity contribution < 1.29 is 4.79 Å². The molecule has 0 saturated carbocycles. The fraction of sp³-hybridized carbons (Fsp3) is 0.467. The van der Waals surface area contributed by atoms with Crippen LogP contribution in [-0.4, -0.2) is 28.9 Å². The molecular weight excluding hydrogens is 256 g/mol. The average molecular weight is 278 g/mol. The lowest BCUT2D eigenvalue weighted by Crippen LogP contribution is -2.38. The highest BCUT2D eigenvalue weighted by atomic mass is 32.1. The van der Waals surface area contributed by atoms with Crippen molar-refractivity contribution in [3.8, 4) is 0 Å². The first-order valence-corrected chi connectivity index (χ1v) is 7.14. The molecule has 2 N–H and O–H groups in total. The molecule has 104 valence electrons. The van der Waals surface area contributed by atoms with Crippen molar-refractivity contribution >= 4 is 23.1 Å². The average Bonchev–Trinajstić information content (AvgIpc) is 2.39. The second-order valence-corrected chi connectivity index (χ2v) is 5.15. The van der Waals surface area contributed by atoms with E-state index in [-0.39, 0.29) is 5.91 Å². The summed E-state index contributed by atoms with van der Waals surface area (Å²) < 4.78 is 0. The van der Waals surface area contributed by atoms with E-state index in [2.05, 4.69) is 12.1 Å². The second-order valence-electron chi connectivity index (χ2n) is 4.62. The molecule has 0 radical (unpaired) electrons. The van der Waals surface area contributed by atoms with Crippen LogP contribution in [0.15, 0.2) is 30.3 Å². The number of nitrogens with two attached hydrogens (primary N) is 1. The predicted molar refractivity (Wildman–Crippen MR) is 83.0 cm³/mol. The van der Waals surface area contributed by atoms with Gasteiger partial charge < -0.3 is 10.6 Å². The molecule has 0 unspecified atom stereocenters. The van der Waals surface area contributed by atoms with Gasteiger partial charge in [-0.3, -0.25) is 4.79 Å². The normalized spacial score (nSPS) is 10.2. The molecule has 1 aromatic rings. The van der Waals surface area contributed by atoms with Gasteiger partial charge in [0.15, 0.2) is 0 Å². The van der Waals surface area contributed by atoms with Crippen molar-refractivity contribution in [3.05, 3.63) is 35.9 Å². The topological polar surface area (TPSA) is 46.3 Å². The molecule has 0 atom stereocenters. The number of thiocarbonyl (C=S) groups is 1. The molecule has 0 aliphatic heterocycles. The van der Waals surface area contributed by atoms with Crippen molar-refractivity contribution in [1.82, 2.24) is 4.90 Å². The maximum atomic E-state index is 12.1. The third-order valence-corrected chi connectivity index (χ3v) is 3.02. The molecule has 0 saturated heterocycles. The van der Waals surface area contributed by atoms with Crippen LogP contribution >= 0.6 is 12.2 Å². The zero-order valence-electron chi connectivity index (χ0n) is 11.5. The zero-order chi connectivity index (χ0) is 14.1. The van der Waals surface area contributed by atoms with Crippen LogP contribution in [0.2, 0.25) is 0 Å². The van der Waals surface area contributed by atoms with Crippen molar-refractivity contribution in [1.29, 1.82) is 0 Å². The van der Waals surface area contributed by atoms with Crippen LogP contribution in [0.25, 0.3) is 0 Å². The van der Waals surface area contributed by atoms with E-state index in [9.17, 15) is 4.79 Å². The monoisotopic (exact) mass is 278 g/mol. The van der Waals surface area contributed by atoms with Gasteiger partial charge >= 0.3 is 0 Å². The molecule has 0 aromatic heterocycles. The van der Waals surface area contributed by atoms with Gasteiger partial charge in [-0.2, -0.15) is 0 Å². The van der Waals surface area contributed by atoms with E-state index in [1.807, 2.05) is 25.1 Å². The van der Waals surface area contributed by atoms with Gasteiger partial charge in [0.05, 0.1) is 11.5 Å². The Labute approximate surface area is 120 Å². The lowest BCUT2D eigenvalue weighted by Gasteiger charge is -2.21. The second kappa shape index (κ2) is 8.64.